The van der Waals surface area contributed by atoms with Crippen LogP contribution in [0.3, 0.4) is 0 Å². The zero-order chi connectivity index (χ0) is 32.8. The van der Waals surface area contributed by atoms with Crippen LogP contribution in [0.2, 0.25) is 0 Å². The summed E-state index contributed by atoms with van der Waals surface area (Å²) in [5.41, 5.74) is 3.46. The number of aliphatic hydroxyl groups excluding tert-OH is 5. The molecule has 44 heavy (non-hydrogen) atoms. The van der Waals surface area contributed by atoms with Crippen LogP contribution in [-0.4, -0.2) is 130 Å². The molecule has 246 valence electrons. The summed E-state index contributed by atoms with van der Waals surface area (Å²) in [5.74, 6) is -1.33. The molecular weight excluding hydrogens is 666 g/mol. The normalized spacial score (nSPS) is 37.7. The Morgan fingerprint density at radius 1 is 1.27 bits per heavy atom. The second kappa shape index (κ2) is 12.7. The first-order valence-corrected chi connectivity index (χ1v) is 16.2. The Labute approximate surface area is 250 Å². The van der Waals surface area contributed by atoms with Crippen molar-refractivity contribution in [1.82, 2.24) is 19.6 Å². The number of aromatic nitrogens is 4. The van der Waals surface area contributed by atoms with Crippen LogP contribution in [0.15, 0.2) is 12.5 Å². The van der Waals surface area contributed by atoms with E-state index in [2.05, 4.69) is 41.6 Å². The zero-order valence-corrected chi connectivity index (χ0v) is 24.8. The number of nitrogen functional groups attached to an aromatic ring is 1. The third kappa shape index (κ3) is 6.38. The van der Waals surface area contributed by atoms with Crippen molar-refractivity contribution in [3.05, 3.63) is 18.1 Å². The first kappa shape index (κ1) is 35.0. The van der Waals surface area contributed by atoms with Gasteiger partial charge in [0.05, 0.1) is 18.4 Å². The van der Waals surface area contributed by atoms with E-state index in [0.29, 0.717) is 0 Å². The Balaban J connectivity index is 1.50. The van der Waals surface area contributed by atoms with Gasteiger partial charge in [0.2, 0.25) is 5.95 Å². The number of phosphoric ester groups is 1. The van der Waals surface area contributed by atoms with Crippen LogP contribution in [0.5, 0.6) is 0 Å². The van der Waals surface area contributed by atoms with Gasteiger partial charge in [-0.1, -0.05) is 5.92 Å². The maximum absolute atomic E-state index is 16.1. The fourth-order valence-electron chi connectivity index (χ4n) is 4.52. The Bertz CT molecular complexity index is 1510. The lowest BCUT2D eigenvalue weighted by atomic mass is 9.87. The number of alkyl halides is 2. The largest absolute Gasteiger partial charge is 0.481 e. The molecular formula is C20H27F2N5O14P2S. The number of fused-ring (bicyclic) bond motifs is 1. The highest BCUT2D eigenvalue weighted by atomic mass is 32.5. The quantitative estimate of drug-likeness (QED) is 0.0879. The summed E-state index contributed by atoms with van der Waals surface area (Å²) in [6, 6.07) is 0. The van der Waals surface area contributed by atoms with Crippen molar-refractivity contribution in [3.8, 4) is 12.3 Å². The monoisotopic (exact) mass is 693 g/mol. The van der Waals surface area contributed by atoms with Crippen molar-refractivity contribution in [1.29, 1.82) is 0 Å². The van der Waals surface area contributed by atoms with Crippen LogP contribution in [0, 0.1) is 12.3 Å². The molecule has 19 nitrogen and oxygen atoms in total. The van der Waals surface area contributed by atoms with E-state index in [-0.39, 0.29) is 17.2 Å². The molecule has 2 aliphatic heterocycles. The summed E-state index contributed by atoms with van der Waals surface area (Å²) in [6.45, 7) is -7.72. The van der Waals surface area contributed by atoms with Gasteiger partial charge >= 0.3 is 14.5 Å². The Hall–Kier alpha value is -1.87. The van der Waals surface area contributed by atoms with Crippen molar-refractivity contribution < 1.29 is 76.2 Å². The number of terminal acetylenes is 1. The Kier molecular flexibility index (Phi) is 10.1. The van der Waals surface area contributed by atoms with Gasteiger partial charge in [-0.3, -0.25) is 4.52 Å². The molecule has 0 aromatic carbocycles. The summed E-state index contributed by atoms with van der Waals surface area (Å²) >= 11 is 4.64. The molecule has 2 aromatic rings. The topological polar surface area (TPSA) is 283 Å². The van der Waals surface area contributed by atoms with Crippen LogP contribution >= 0.6 is 14.5 Å². The highest BCUT2D eigenvalue weighted by Gasteiger charge is 2.66. The molecule has 2 saturated heterocycles. The van der Waals surface area contributed by atoms with E-state index in [4.69, 9.17) is 36.0 Å². The van der Waals surface area contributed by atoms with Crippen LogP contribution < -0.4 is 5.73 Å². The second-order valence-corrected chi connectivity index (χ2v) is 13.8. The molecule has 2 fully saturated rings. The van der Waals surface area contributed by atoms with Crippen molar-refractivity contribution in [3.63, 3.8) is 0 Å². The van der Waals surface area contributed by atoms with Gasteiger partial charge in [-0.2, -0.15) is 9.61 Å². The van der Waals surface area contributed by atoms with Crippen LogP contribution in [0.1, 0.15) is 11.7 Å². The molecule has 9 N–H and O–H groups in total. The van der Waals surface area contributed by atoms with Gasteiger partial charge in [0, 0.05) is 7.11 Å². The van der Waals surface area contributed by atoms with E-state index in [9.17, 15) is 39.2 Å². The van der Waals surface area contributed by atoms with E-state index in [0.717, 1.165) is 24.1 Å². The fraction of sp³-hybridized carbons (Fsp3) is 0.650. The number of phosphoric acid groups is 1. The molecule has 2 aliphatic rings. The molecule has 0 amide bonds. The minimum atomic E-state index is -5.66. The van der Waals surface area contributed by atoms with Crippen molar-refractivity contribution in [2.24, 2.45) is 0 Å². The van der Waals surface area contributed by atoms with Gasteiger partial charge in [0.25, 0.3) is 5.85 Å². The molecule has 0 radical (unpaired) electrons. The number of nitrogens with zero attached hydrogens (tertiary/aromatic N) is 4. The zero-order valence-electron chi connectivity index (χ0n) is 22.2. The Morgan fingerprint density at radius 2 is 1.95 bits per heavy atom. The molecule has 0 spiro atoms. The lowest BCUT2D eigenvalue weighted by molar-refractivity contribution is -0.287. The van der Waals surface area contributed by atoms with Crippen LogP contribution in [-0.2, 0) is 43.9 Å². The van der Waals surface area contributed by atoms with Crippen molar-refractivity contribution >= 4 is 37.9 Å². The Morgan fingerprint density at radius 3 is 2.57 bits per heavy atom. The maximum atomic E-state index is 16.1. The minimum absolute atomic E-state index is 0.00409. The van der Waals surface area contributed by atoms with Crippen molar-refractivity contribution in [2.75, 3.05) is 26.1 Å². The average Bonchev–Trinajstić information content (AvgIpc) is 3.49. The van der Waals surface area contributed by atoms with Crippen molar-refractivity contribution in [2.45, 2.75) is 60.5 Å². The highest BCUT2D eigenvalue weighted by Crippen LogP contribution is 2.62. The molecule has 2 aromatic heterocycles. The van der Waals surface area contributed by atoms with E-state index in [1.165, 1.54) is 0 Å². The van der Waals surface area contributed by atoms with Crippen LogP contribution in [0.4, 0.5) is 14.7 Å². The van der Waals surface area contributed by atoms with E-state index < -0.39 is 88.3 Å². The smallest absolute Gasteiger partial charge is 0.393 e. The number of anilines is 1. The number of halogens is 2. The first-order chi connectivity index (χ1) is 20.5. The molecule has 0 aliphatic carbocycles. The summed E-state index contributed by atoms with van der Waals surface area (Å²) in [5, 5.41) is 53.7. The summed E-state index contributed by atoms with van der Waals surface area (Å²) < 4.78 is 73.0. The number of aliphatic hydroxyl groups is 5. The van der Waals surface area contributed by atoms with Gasteiger partial charge in [0.15, 0.2) is 29.8 Å². The predicted molar refractivity (Wildman–Crippen MR) is 141 cm³/mol. The van der Waals surface area contributed by atoms with E-state index in [1.807, 2.05) is 0 Å². The standard InChI is InChI=1S/C20H27F2N5O14P2S/c1-3-19(36-2)14(8-4-26-27-15(8)24-7-25-18(27)23)39-20(22,17(19)32)6-37-43(35,44)41-42(33,34)40-16-12(31)10(29)11(30)13(38-16)9(21)5-28/h1,4,7,9-14,16-17,28-32H,5-6H2,2H3,(H,33,34)(H,35,44)(H2,23,24,25)/t9-,10?,11?,12?,13?,14-,16?,17-,19-,20+,43?/m0/s1. The molecule has 7 unspecified atom stereocenters. The number of methoxy groups -OCH3 is 1. The summed E-state index contributed by atoms with van der Waals surface area (Å²) in [7, 11) is -4.63. The van der Waals surface area contributed by atoms with Gasteiger partial charge < -0.3 is 59.8 Å². The number of nitrogens with two attached hydrogens (primary N) is 1. The molecule has 24 heteroatoms. The predicted octanol–water partition coefficient (Wildman–Crippen LogP) is -2.67. The van der Waals surface area contributed by atoms with Gasteiger partial charge in [0.1, 0.15) is 43.5 Å². The first-order valence-electron chi connectivity index (χ1n) is 12.1. The molecule has 12 atom stereocenters. The molecule has 0 bridgehead atoms. The summed E-state index contributed by atoms with van der Waals surface area (Å²) in [4.78, 5) is 28.3. The third-order valence-corrected chi connectivity index (χ3v) is 10.2. The third-order valence-electron chi connectivity index (χ3n) is 6.73. The average molecular weight is 693 g/mol. The lowest BCUT2D eigenvalue weighted by Crippen LogP contribution is -2.60. The lowest BCUT2D eigenvalue weighted by Gasteiger charge is -2.41. The molecule has 0 saturated carbocycles. The summed E-state index contributed by atoms with van der Waals surface area (Å²) in [6.07, 6.45) is -9.50. The highest BCUT2D eigenvalue weighted by molar-refractivity contribution is 8.08. The number of hydrogen-bond acceptors (Lipinski definition) is 17. The fourth-order valence-corrected chi connectivity index (χ4v) is 7.60. The van der Waals surface area contributed by atoms with Crippen LogP contribution in [0.25, 0.3) is 5.65 Å². The van der Waals surface area contributed by atoms with E-state index in [1.54, 1.807) is 0 Å². The van der Waals surface area contributed by atoms with Gasteiger partial charge in [-0.05, 0) is 11.8 Å². The number of ether oxygens (including phenoxy) is 3. The van der Waals surface area contributed by atoms with E-state index >= 15 is 4.39 Å². The maximum Gasteiger partial charge on any atom is 0.481 e. The van der Waals surface area contributed by atoms with Gasteiger partial charge in [-0.15, -0.1) is 6.42 Å². The number of rotatable bonds is 11. The molecule has 4 heterocycles. The SMILES string of the molecule is C#C[C@]1(OC)[C@H](c2cnn3c(N)ncnc23)O[C@](F)(COP(O)(=S)OP(=O)(O)OC2OC([C@@H](F)CO)C(O)C(O)C2O)[C@H]1O. The second-order valence-electron chi connectivity index (χ2n) is 9.43. The number of hydrogen-bond donors (Lipinski definition) is 8. The molecule has 4 rings (SSSR count). The van der Waals surface area contributed by atoms with Gasteiger partial charge in [-0.25, -0.2) is 27.6 Å². The minimum Gasteiger partial charge on any atom is -0.393 e.